The fourth-order valence-electron chi connectivity index (χ4n) is 2.09. The minimum absolute atomic E-state index is 0.144. The van der Waals surface area contributed by atoms with Crippen LogP contribution in [0.4, 0.5) is 0 Å². The maximum absolute atomic E-state index is 6.03. The smallest absolute Gasteiger partial charge is 0.161 e. The maximum atomic E-state index is 6.03. The third-order valence-electron chi connectivity index (χ3n) is 3.14. The van der Waals surface area contributed by atoms with E-state index in [4.69, 9.17) is 21.1 Å². The molecule has 2 nitrogen and oxygen atoms in total. The Hall–Kier alpha value is -0.710. The molecule has 2 rings (SSSR count). The average Bonchev–Trinajstić information content (AvgIpc) is 2.46. The van der Waals surface area contributed by atoms with Crippen molar-refractivity contribution in [1.82, 2.24) is 0 Å². The van der Waals surface area contributed by atoms with Gasteiger partial charge in [0.15, 0.2) is 11.5 Å². The topological polar surface area (TPSA) is 18.5 Å². The first-order chi connectivity index (χ1) is 10.0. The van der Waals surface area contributed by atoms with Crippen LogP contribution in [0.5, 0.6) is 11.5 Å². The Labute approximate surface area is 146 Å². The molecule has 0 spiro atoms. The fourth-order valence-corrected chi connectivity index (χ4v) is 3.96. The van der Waals surface area contributed by atoms with Gasteiger partial charge in [-0.3, -0.25) is 0 Å². The monoisotopic (exact) mass is 432 g/mol. The molecule has 1 atom stereocenters. The van der Waals surface area contributed by atoms with E-state index < -0.39 is 0 Å². The van der Waals surface area contributed by atoms with Gasteiger partial charge < -0.3 is 9.47 Å². The highest BCUT2D eigenvalue weighted by molar-refractivity contribution is 9.11. The quantitative estimate of drug-likeness (QED) is 0.554. The molecular weight excluding hydrogens is 419 g/mol. The van der Waals surface area contributed by atoms with Crippen molar-refractivity contribution in [2.24, 2.45) is 0 Å². The summed E-state index contributed by atoms with van der Waals surface area (Å²) in [5.41, 5.74) is 2.28. The maximum Gasteiger partial charge on any atom is 0.161 e. The van der Waals surface area contributed by atoms with Gasteiger partial charge in [-0.2, -0.15) is 0 Å². The predicted octanol–water partition coefficient (Wildman–Crippen LogP) is 5.80. The van der Waals surface area contributed by atoms with Gasteiger partial charge in [-0.1, -0.05) is 55.6 Å². The second-order valence-corrected chi connectivity index (χ2v) is 6.93. The Balaban J connectivity index is 2.28. The Morgan fingerprint density at radius 1 is 1.10 bits per heavy atom. The molecule has 0 N–H and O–H groups in total. The summed E-state index contributed by atoms with van der Waals surface area (Å²) in [6, 6.07) is 11.8. The molecule has 5 heteroatoms. The number of methoxy groups -OCH3 is 2. The van der Waals surface area contributed by atoms with Crippen molar-refractivity contribution in [2.45, 2.75) is 11.2 Å². The molecule has 0 aliphatic rings. The molecule has 0 aliphatic heterocycles. The molecule has 2 aromatic carbocycles. The standard InChI is InChI=1S/C16H15Br2ClO2/c1-20-15-8-12(14(18)9-16(15)21-2)13(17)7-10-4-3-5-11(19)6-10/h3-6,8-9,13H,7H2,1-2H3. The van der Waals surface area contributed by atoms with E-state index in [-0.39, 0.29) is 4.83 Å². The minimum Gasteiger partial charge on any atom is -0.493 e. The Morgan fingerprint density at radius 3 is 2.38 bits per heavy atom. The highest BCUT2D eigenvalue weighted by atomic mass is 79.9. The van der Waals surface area contributed by atoms with Crippen molar-refractivity contribution in [3.8, 4) is 11.5 Å². The highest BCUT2D eigenvalue weighted by Gasteiger charge is 2.16. The summed E-state index contributed by atoms with van der Waals surface area (Å²) in [7, 11) is 3.26. The van der Waals surface area contributed by atoms with Crippen LogP contribution in [0.1, 0.15) is 16.0 Å². The van der Waals surface area contributed by atoms with Gasteiger partial charge in [0.2, 0.25) is 0 Å². The number of halogens is 3. The Kier molecular flexibility index (Phi) is 5.97. The molecule has 112 valence electrons. The molecule has 0 bridgehead atoms. The van der Waals surface area contributed by atoms with Gasteiger partial charge in [-0.15, -0.1) is 0 Å². The Morgan fingerprint density at radius 2 is 1.76 bits per heavy atom. The van der Waals surface area contributed by atoms with Gasteiger partial charge in [0, 0.05) is 14.3 Å². The lowest BCUT2D eigenvalue weighted by atomic mass is 10.0. The molecule has 0 amide bonds. The zero-order chi connectivity index (χ0) is 15.4. The van der Waals surface area contributed by atoms with Crippen LogP contribution in [-0.2, 0) is 6.42 Å². The molecule has 0 radical (unpaired) electrons. The highest BCUT2D eigenvalue weighted by Crippen LogP contribution is 2.40. The van der Waals surface area contributed by atoms with Crippen LogP contribution >= 0.6 is 43.5 Å². The van der Waals surface area contributed by atoms with Crippen LogP contribution in [0.15, 0.2) is 40.9 Å². The zero-order valence-corrected chi connectivity index (χ0v) is 15.6. The van der Waals surface area contributed by atoms with Gasteiger partial charge in [-0.05, 0) is 41.8 Å². The van der Waals surface area contributed by atoms with Crippen LogP contribution < -0.4 is 9.47 Å². The molecule has 2 aromatic rings. The second-order valence-electron chi connectivity index (χ2n) is 4.53. The molecule has 21 heavy (non-hydrogen) atoms. The van der Waals surface area contributed by atoms with Gasteiger partial charge in [0.1, 0.15) is 0 Å². The summed E-state index contributed by atoms with van der Waals surface area (Å²) in [5.74, 6) is 1.42. The number of benzene rings is 2. The second kappa shape index (κ2) is 7.52. The summed E-state index contributed by atoms with van der Waals surface area (Å²) in [6.45, 7) is 0. The molecule has 1 unspecified atom stereocenters. The number of hydrogen-bond donors (Lipinski definition) is 0. The van der Waals surface area contributed by atoms with Crippen molar-refractivity contribution in [3.05, 3.63) is 57.0 Å². The SMILES string of the molecule is COc1cc(Br)c(C(Br)Cc2cccc(Cl)c2)cc1OC. The number of ether oxygens (including phenoxy) is 2. The lowest BCUT2D eigenvalue weighted by Crippen LogP contribution is -1.99. The first kappa shape index (κ1) is 16.7. The van der Waals surface area contributed by atoms with E-state index in [2.05, 4.69) is 37.9 Å². The largest absolute Gasteiger partial charge is 0.493 e. The summed E-state index contributed by atoms with van der Waals surface area (Å²) in [4.78, 5) is 0.144. The number of hydrogen-bond acceptors (Lipinski definition) is 2. The molecule has 0 saturated carbocycles. The van der Waals surface area contributed by atoms with E-state index in [9.17, 15) is 0 Å². The number of rotatable bonds is 5. The van der Waals surface area contributed by atoms with Crippen molar-refractivity contribution in [3.63, 3.8) is 0 Å². The molecule has 0 fully saturated rings. The summed E-state index contributed by atoms with van der Waals surface area (Å²) in [6.07, 6.45) is 0.828. The molecule has 0 saturated heterocycles. The molecule has 0 heterocycles. The van der Waals surface area contributed by atoms with Crippen LogP contribution in [-0.4, -0.2) is 14.2 Å². The first-order valence-electron chi connectivity index (χ1n) is 6.35. The van der Waals surface area contributed by atoms with E-state index in [1.807, 2.05) is 30.3 Å². The van der Waals surface area contributed by atoms with Crippen molar-refractivity contribution < 1.29 is 9.47 Å². The normalized spacial score (nSPS) is 12.0. The molecular formula is C16H15Br2ClO2. The third-order valence-corrected chi connectivity index (χ3v) is 4.88. The Bertz CT molecular complexity index is 632. The summed E-state index contributed by atoms with van der Waals surface area (Å²) >= 11 is 13.4. The third kappa shape index (κ3) is 4.15. The van der Waals surface area contributed by atoms with Crippen molar-refractivity contribution in [1.29, 1.82) is 0 Å². The van der Waals surface area contributed by atoms with Crippen LogP contribution in [0, 0.1) is 0 Å². The summed E-state index contributed by atoms with van der Waals surface area (Å²) < 4.78 is 11.6. The van der Waals surface area contributed by atoms with Gasteiger partial charge in [0.25, 0.3) is 0 Å². The summed E-state index contributed by atoms with van der Waals surface area (Å²) in [5, 5.41) is 0.749. The van der Waals surface area contributed by atoms with E-state index in [0.717, 1.165) is 21.5 Å². The minimum atomic E-state index is 0.144. The van der Waals surface area contributed by atoms with Gasteiger partial charge >= 0.3 is 0 Å². The van der Waals surface area contributed by atoms with Crippen LogP contribution in [0.2, 0.25) is 5.02 Å². The van der Waals surface area contributed by atoms with Crippen molar-refractivity contribution >= 4 is 43.5 Å². The van der Waals surface area contributed by atoms with Gasteiger partial charge in [-0.25, -0.2) is 0 Å². The van der Waals surface area contributed by atoms with Crippen molar-refractivity contribution in [2.75, 3.05) is 14.2 Å². The predicted molar refractivity (Wildman–Crippen MR) is 94.1 cm³/mol. The average molecular weight is 435 g/mol. The van der Waals surface area contributed by atoms with E-state index in [0.29, 0.717) is 11.5 Å². The first-order valence-corrected chi connectivity index (χ1v) is 8.43. The number of alkyl halides is 1. The fraction of sp³-hybridized carbons (Fsp3) is 0.250. The van der Waals surface area contributed by atoms with E-state index in [1.165, 1.54) is 5.56 Å². The van der Waals surface area contributed by atoms with E-state index in [1.54, 1.807) is 14.2 Å². The van der Waals surface area contributed by atoms with Gasteiger partial charge in [0.05, 0.1) is 14.2 Å². The lowest BCUT2D eigenvalue weighted by molar-refractivity contribution is 0.354. The van der Waals surface area contributed by atoms with Crippen LogP contribution in [0.3, 0.4) is 0 Å². The lowest BCUT2D eigenvalue weighted by Gasteiger charge is -2.16. The zero-order valence-electron chi connectivity index (χ0n) is 11.7. The van der Waals surface area contributed by atoms with E-state index >= 15 is 0 Å². The molecule has 0 aromatic heterocycles. The van der Waals surface area contributed by atoms with Crippen LogP contribution in [0.25, 0.3) is 0 Å². The molecule has 0 aliphatic carbocycles.